The molecule has 3 nitrogen and oxygen atoms in total. The van der Waals surface area contributed by atoms with E-state index in [-0.39, 0.29) is 18.0 Å². The van der Waals surface area contributed by atoms with Gasteiger partial charge >= 0.3 is 0 Å². The monoisotopic (exact) mass is 294 g/mol. The van der Waals surface area contributed by atoms with Crippen molar-refractivity contribution in [1.29, 1.82) is 0 Å². The molecule has 0 spiro atoms. The standard InChI is InChI=1S/C17H23FO3/c1-17(2,20-3)9-11-21-13-14-7-8-16(18)15(12-14)6-4-5-10-19/h7-8,12,19H,5,9-11,13H2,1-3H3. The summed E-state index contributed by atoms with van der Waals surface area (Å²) in [5.74, 6) is 5.08. The Balaban J connectivity index is 2.53. The first-order valence-corrected chi connectivity index (χ1v) is 6.99. The van der Waals surface area contributed by atoms with Gasteiger partial charge in [0.2, 0.25) is 0 Å². The molecule has 0 atom stereocenters. The Morgan fingerprint density at radius 2 is 2.10 bits per heavy atom. The maximum absolute atomic E-state index is 13.6. The summed E-state index contributed by atoms with van der Waals surface area (Å²) in [6.45, 7) is 4.97. The molecule has 1 N–H and O–H groups in total. The highest BCUT2D eigenvalue weighted by Crippen LogP contribution is 2.14. The predicted octanol–water partition coefficient (Wildman–Crippen LogP) is 2.89. The zero-order valence-electron chi connectivity index (χ0n) is 12.9. The molecule has 0 aromatic heterocycles. The Bertz CT molecular complexity index is 500. The molecule has 4 heteroatoms. The van der Waals surface area contributed by atoms with E-state index in [0.717, 1.165) is 12.0 Å². The molecule has 0 saturated heterocycles. The van der Waals surface area contributed by atoms with Crippen molar-refractivity contribution >= 4 is 0 Å². The van der Waals surface area contributed by atoms with E-state index in [2.05, 4.69) is 11.8 Å². The fourth-order valence-corrected chi connectivity index (χ4v) is 1.58. The third-order valence-corrected chi connectivity index (χ3v) is 3.16. The maximum Gasteiger partial charge on any atom is 0.138 e. The van der Waals surface area contributed by atoms with E-state index >= 15 is 0 Å². The second-order valence-electron chi connectivity index (χ2n) is 5.36. The minimum atomic E-state index is -0.357. The van der Waals surface area contributed by atoms with Gasteiger partial charge in [-0.15, -0.1) is 0 Å². The summed E-state index contributed by atoms with van der Waals surface area (Å²) in [4.78, 5) is 0. The first kappa shape index (κ1) is 17.6. The van der Waals surface area contributed by atoms with Crippen LogP contribution < -0.4 is 0 Å². The lowest BCUT2D eigenvalue weighted by Gasteiger charge is -2.22. The van der Waals surface area contributed by atoms with Crippen molar-refractivity contribution in [3.8, 4) is 11.8 Å². The van der Waals surface area contributed by atoms with Gasteiger partial charge in [0, 0.05) is 20.1 Å². The van der Waals surface area contributed by atoms with Gasteiger partial charge in [0.25, 0.3) is 0 Å². The van der Waals surface area contributed by atoms with Gasteiger partial charge in [0.05, 0.1) is 24.4 Å². The van der Waals surface area contributed by atoms with Crippen LogP contribution in [0.5, 0.6) is 0 Å². The van der Waals surface area contributed by atoms with Crippen LogP contribution in [0.2, 0.25) is 0 Å². The summed E-state index contributed by atoms with van der Waals surface area (Å²) >= 11 is 0. The van der Waals surface area contributed by atoms with Crippen molar-refractivity contribution in [2.24, 2.45) is 0 Å². The first-order chi connectivity index (χ1) is 9.98. The molecule has 116 valence electrons. The first-order valence-electron chi connectivity index (χ1n) is 6.99. The van der Waals surface area contributed by atoms with Crippen LogP contribution in [-0.2, 0) is 16.1 Å². The van der Waals surface area contributed by atoms with Gasteiger partial charge in [-0.05, 0) is 38.0 Å². The van der Waals surface area contributed by atoms with E-state index in [9.17, 15) is 4.39 Å². The topological polar surface area (TPSA) is 38.7 Å². The molecule has 0 bridgehead atoms. The van der Waals surface area contributed by atoms with E-state index < -0.39 is 0 Å². The average molecular weight is 294 g/mol. The van der Waals surface area contributed by atoms with Crippen molar-refractivity contribution in [1.82, 2.24) is 0 Å². The molecular weight excluding hydrogens is 271 g/mol. The molecule has 0 amide bonds. The molecule has 21 heavy (non-hydrogen) atoms. The molecule has 1 aromatic rings. The minimum Gasteiger partial charge on any atom is -0.395 e. The predicted molar refractivity (Wildman–Crippen MR) is 80.3 cm³/mol. The second-order valence-corrected chi connectivity index (χ2v) is 5.36. The second kappa shape index (κ2) is 8.78. The van der Waals surface area contributed by atoms with E-state index in [1.807, 2.05) is 13.8 Å². The lowest BCUT2D eigenvalue weighted by atomic mass is 10.1. The highest BCUT2D eigenvalue weighted by molar-refractivity contribution is 5.38. The normalized spacial score (nSPS) is 11.1. The zero-order chi connectivity index (χ0) is 15.7. The number of aliphatic hydroxyl groups excluding tert-OH is 1. The number of rotatable bonds is 7. The molecule has 0 unspecified atom stereocenters. The molecule has 0 saturated carbocycles. The van der Waals surface area contributed by atoms with Gasteiger partial charge in [-0.3, -0.25) is 0 Å². The summed E-state index contributed by atoms with van der Waals surface area (Å²) in [5.41, 5.74) is 1.01. The molecule has 0 fully saturated rings. The molecule has 0 heterocycles. The molecule has 0 aliphatic rings. The van der Waals surface area contributed by atoms with Crippen molar-refractivity contribution in [3.63, 3.8) is 0 Å². The molecule has 0 radical (unpaired) electrons. The van der Waals surface area contributed by atoms with Gasteiger partial charge in [-0.25, -0.2) is 4.39 Å². The number of halogens is 1. The molecule has 0 aliphatic heterocycles. The number of aliphatic hydroxyl groups is 1. The van der Waals surface area contributed by atoms with Gasteiger partial charge < -0.3 is 14.6 Å². The van der Waals surface area contributed by atoms with Crippen molar-refractivity contribution in [3.05, 3.63) is 35.1 Å². The molecule has 1 rings (SSSR count). The van der Waals surface area contributed by atoms with E-state index in [1.54, 1.807) is 19.2 Å². The van der Waals surface area contributed by atoms with Crippen LogP contribution in [0, 0.1) is 17.7 Å². The van der Waals surface area contributed by atoms with Gasteiger partial charge in [-0.2, -0.15) is 0 Å². The fraction of sp³-hybridized carbons (Fsp3) is 0.529. The summed E-state index contributed by atoms with van der Waals surface area (Å²) in [7, 11) is 1.68. The highest BCUT2D eigenvalue weighted by atomic mass is 19.1. The Hall–Kier alpha value is -1.41. The van der Waals surface area contributed by atoms with Gasteiger partial charge in [0.15, 0.2) is 0 Å². The van der Waals surface area contributed by atoms with Gasteiger partial charge in [0.1, 0.15) is 5.82 Å². The van der Waals surface area contributed by atoms with Gasteiger partial charge in [-0.1, -0.05) is 17.9 Å². The Kier molecular flexibility index (Phi) is 7.38. The number of hydrogen-bond donors (Lipinski definition) is 1. The van der Waals surface area contributed by atoms with Crippen LogP contribution in [0.25, 0.3) is 0 Å². The van der Waals surface area contributed by atoms with E-state index in [4.69, 9.17) is 14.6 Å². The lowest BCUT2D eigenvalue weighted by Crippen LogP contribution is -2.24. The van der Waals surface area contributed by atoms with Crippen LogP contribution >= 0.6 is 0 Å². The summed E-state index contributed by atoms with van der Waals surface area (Å²) in [6, 6.07) is 4.76. The van der Waals surface area contributed by atoms with Crippen molar-refractivity contribution in [2.75, 3.05) is 20.3 Å². The quantitative estimate of drug-likeness (QED) is 0.621. The fourth-order valence-electron chi connectivity index (χ4n) is 1.58. The van der Waals surface area contributed by atoms with Crippen LogP contribution in [-0.4, -0.2) is 31.0 Å². The smallest absolute Gasteiger partial charge is 0.138 e. The SMILES string of the molecule is COC(C)(C)CCOCc1ccc(F)c(C#CCCO)c1. The Morgan fingerprint density at radius 1 is 1.33 bits per heavy atom. The highest BCUT2D eigenvalue weighted by Gasteiger charge is 2.15. The maximum atomic E-state index is 13.6. The molecule has 1 aromatic carbocycles. The zero-order valence-corrected chi connectivity index (χ0v) is 12.9. The van der Waals surface area contributed by atoms with Crippen molar-refractivity contribution in [2.45, 2.75) is 38.9 Å². The molecular formula is C17H23FO3. The van der Waals surface area contributed by atoms with Crippen molar-refractivity contribution < 1.29 is 19.0 Å². The third kappa shape index (κ3) is 6.72. The molecule has 0 aliphatic carbocycles. The number of ether oxygens (including phenoxy) is 2. The summed E-state index contributed by atoms with van der Waals surface area (Å²) in [6.07, 6.45) is 1.13. The minimum absolute atomic E-state index is 0.0211. The largest absolute Gasteiger partial charge is 0.395 e. The van der Waals surface area contributed by atoms with Crippen LogP contribution in [0.3, 0.4) is 0 Å². The van der Waals surface area contributed by atoms with Crippen LogP contribution in [0.1, 0.15) is 37.8 Å². The van der Waals surface area contributed by atoms with Crippen LogP contribution in [0.4, 0.5) is 4.39 Å². The number of hydrogen-bond acceptors (Lipinski definition) is 3. The summed E-state index contributed by atoms with van der Waals surface area (Å²) in [5, 5.41) is 8.67. The average Bonchev–Trinajstić information content (AvgIpc) is 2.47. The Morgan fingerprint density at radius 3 is 2.76 bits per heavy atom. The summed E-state index contributed by atoms with van der Waals surface area (Å²) < 4.78 is 24.5. The number of benzene rings is 1. The van der Waals surface area contributed by atoms with E-state index in [0.29, 0.717) is 25.2 Å². The Labute approximate surface area is 126 Å². The number of methoxy groups -OCH3 is 1. The third-order valence-electron chi connectivity index (χ3n) is 3.16. The van der Waals surface area contributed by atoms with Crippen LogP contribution in [0.15, 0.2) is 18.2 Å². The van der Waals surface area contributed by atoms with E-state index in [1.165, 1.54) is 6.07 Å². The lowest BCUT2D eigenvalue weighted by molar-refractivity contribution is -0.0124.